The number of aryl methyl sites for hydroxylation is 1. The lowest BCUT2D eigenvalue weighted by molar-refractivity contribution is -0.384. The minimum absolute atomic E-state index is 0.158. The molecule has 0 unspecified atom stereocenters. The van der Waals surface area contributed by atoms with E-state index in [4.69, 9.17) is 10.5 Å². The summed E-state index contributed by atoms with van der Waals surface area (Å²) in [6.45, 7) is 2.04. The van der Waals surface area contributed by atoms with Gasteiger partial charge in [0.05, 0.1) is 4.92 Å². The third-order valence-electron chi connectivity index (χ3n) is 2.60. The van der Waals surface area contributed by atoms with E-state index in [1.54, 1.807) is 6.07 Å². The summed E-state index contributed by atoms with van der Waals surface area (Å²) in [6, 6.07) is 10.2. The van der Waals surface area contributed by atoms with Crippen molar-refractivity contribution < 1.29 is 9.66 Å². The summed E-state index contributed by atoms with van der Waals surface area (Å²) in [5.41, 5.74) is 6.40. The maximum atomic E-state index is 10.6. The zero-order chi connectivity index (χ0) is 13.8. The van der Waals surface area contributed by atoms with E-state index >= 15 is 0 Å². The van der Waals surface area contributed by atoms with Crippen LogP contribution >= 0.6 is 0 Å². The Kier molecular flexibility index (Phi) is 3.61. The largest absolute Gasteiger partial charge is 0.439 e. The molecule has 2 N–H and O–H groups in total. The summed E-state index contributed by atoms with van der Waals surface area (Å²) in [5, 5.41) is 10.6. The number of aromatic nitrogens is 1. The molecule has 19 heavy (non-hydrogen) atoms. The van der Waals surface area contributed by atoms with E-state index in [9.17, 15) is 10.1 Å². The predicted molar refractivity (Wildman–Crippen MR) is 71.2 cm³/mol. The molecule has 1 aromatic heterocycles. The van der Waals surface area contributed by atoms with Crippen LogP contribution in [0.25, 0.3) is 0 Å². The van der Waals surface area contributed by atoms with Gasteiger partial charge < -0.3 is 10.5 Å². The fourth-order valence-electron chi connectivity index (χ4n) is 1.61. The van der Waals surface area contributed by atoms with Crippen molar-refractivity contribution in [2.75, 3.05) is 5.73 Å². The van der Waals surface area contributed by atoms with Crippen LogP contribution in [0.2, 0.25) is 0 Å². The molecule has 2 rings (SSSR count). The molecule has 1 aromatic carbocycles. The lowest BCUT2D eigenvalue weighted by Gasteiger charge is -2.06. The summed E-state index contributed by atoms with van der Waals surface area (Å²) in [4.78, 5) is 13.9. The van der Waals surface area contributed by atoms with Crippen LogP contribution in [0.5, 0.6) is 11.6 Å². The zero-order valence-corrected chi connectivity index (χ0v) is 10.4. The van der Waals surface area contributed by atoms with E-state index in [-0.39, 0.29) is 17.4 Å². The highest BCUT2D eigenvalue weighted by Crippen LogP contribution is 2.26. The quantitative estimate of drug-likeness (QED) is 0.673. The molecular weight excluding hydrogens is 246 g/mol. The number of ether oxygens (including phenoxy) is 1. The third-order valence-corrected chi connectivity index (χ3v) is 2.60. The second kappa shape index (κ2) is 5.34. The molecule has 0 radical (unpaired) electrons. The number of nitrogens with two attached hydrogens (primary N) is 1. The number of benzene rings is 1. The van der Waals surface area contributed by atoms with Gasteiger partial charge in [0.1, 0.15) is 5.75 Å². The molecule has 0 aliphatic carbocycles. The Morgan fingerprint density at radius 2 is 2.16 bits per heavy atom. The van der Waals surface area contributed by atoms with Crippen molar-refractivity contribution in [1.29, 1.82) is 0 Å². The number of nitrogen functional groups attached to an aromatic ring is 1. The first-order chi connectivity index (χ1) is 9.10. The Labute approximate surface area is 110 Å². The van der Waals surface area contributed by atoms with Crippen LogP contribution < -0.4 is 10.5 Å². The van der Waals surface area contributed by atoms with Gasteiger partial charge in [-0.25, -0.2) is 0 Å². The molecule has 6 heteroatoms. The Morgan fingerprint density at radius 1 is 1.37 bits per heavy atom. The number of hydrogen-bond donors (Lipinski definition) is 1. The monoisotopic (exact) mass is 259 g/mol. The summed E-state index contributed by atoms with van der Waals surface area (Å²) >= 11 is 0. The van der Waals surface area contributed by atoms with E-state index in [2.05, 4.69) is 4.98 Å². The smallest absolute Gasteiger partial charge is 0.311 e. The summed E-state index contributed by atoms with van der Waals surface area (Å²) in [7, 11) is 0. The van der Waals surface area contributed by atoms with Crippen LogP contribution in [0.3, 0.4) is 0 Å². The first kappa shape index (κ1) is 12.8. The zero-order valence-electron chi connectivity index (χ0n) is 10.4. The van der Waals surface area contributed by atoms with Crippen molar-refractivity contribution >= 4 is 11.5 Å². The van der Waals surface area contributed by atoms with E-state index in [0.29, 0.717) is 5.75 Å². The second-order valence-corrected chi connectivity index (χ2v) is 3.91. The van der Waals surface area contributed by atoms with Crippen LogP contribution in [-0.2, 0) is 6.42 Å². The topological polar surface area (TPSA) is 91.3 Å². The van der Waals surface area contributed by atoms with E-state index in [0.717, 1.165) is 12.0 Å². The summed E-state index contributed by atoms with van der Waals surface area (Å²) in [5.74, 6) is 0.700. The highest BCUT2D eigenvalue weighted by Gasteiger charge is 2.13. The molecule has 0 amide bonds. The lowest BCUT2D eigenvalue weighted by Crippen LogP contribution is -1.99. The van der Waals surface area contributed by atoms with Crippen molar-refractivity contribution in [3.63, 3.8) is 0 Å². The number of hydrogen-bond acceptors (Lipinski definition) is 5. The molecule has 0 saturated heterocycles. The van der Waals surface area contributed by atoms with Gasteiger partial charge in [0, 0.05) is 12.1 Å². The number of pyridine rings is 1. The summed E-state index contributed by atoms with van der Waals surface area (Å²) < 4.78 is 5.52. The molecule has 0 fully saturated rings. The fourth-order valence-corrected chi connectivity index (χ4v) is 1.61. The van der Waals surface area contributed by atoms with Gasteiger partial charge in [-0.1, -0.05) is 19.1 Å². The molecule has 0 aliphatic rings. The van der Waals surface area contributed by atoms with Gasteiger partial charge in [0.15, 0.2) is 0 Å². The molecule has 2 aromatic rings. The van der Waals surface area contributed by atoms with E-state index in [1.165, 1.54) is 12.1 Å². The highest BCUT2D eigenvalue weighted by atomic mass is 16.6. The maximum Gasteiger partial charge on any atom is 0.311 e. The van der Waals surface area contributed by atoms with Crippen LogP contribution in [-0.4, -0.2) is 9.91 Å². The molecular formula is C13H13N3O3. The Morgan fingerprint density at radius 3 is 2.79 bits per heavy atom. The molecule has 6 nitrogen and oxygen atoms in total. The van der Waals surface area contributed by atoms with Crippen molar-refractivity contribution in [2.24, 2.45) is 0 Å². The van der Waals surface area contributed by atoms with Gasteiger partial charge in [-0.05, 0) is 24.1 Å². The first-order valence-electron chi connectivity index (χ1n) is 5.78. The summed E-state index contributed by atoms with van der Waals surface area (Å²) in [6.07, 6.45) is 0.896. The van der Waals surface area contributed by atoms with Gasteiger partial charge in [-0.3, -0.25) is 10.1 Å². The molecule has 98 valence electrons. The minimum atomic E-state index is -0.580. The predicted octanol–water partition coefficient (Wildman–Crippen LogP) is 2.93. The third kappa shape index (κ3) is 2.98. The van der Waals surface area contributed by atoms with Gasteiger partial charge in [-0.15, -0.1) is 0 Å². The SMILES string of the molecule is CCc1cccc(Oc2ccc([N+](=O)[O-])c(N)n2)c1. The average molecular weight is 259 g/mol. The van der Waals surface area contributed by atoms with Crippen molar-refractivity contribution in [3.05, 3.63) is 52.1 Å². The average Bonchev–Trinajstić information content (AvgIpc) is 2.38. The molecule has 0 bridgehead atoms. The van der Waals surface area contributed by atoms with Crippen molar-refractivity contribution in [2.45, 2.75) is 13.3 Å². The van der Waals surface area contributed by atoms with Crippen LogP contribution in [0.15, 0.2) is 36.4 Å². The molecule has 1 heterocycles. The van der Waals surface area contributed by atoms with Crippen molar-refractivity contribution in [3.8, 4) is 11.6 Å². The van der Waals surface area contributed by atoms with E-state index < -0.39 is 4.92 Å². The van der Waals surface area contributed by atoms with E-state index in [1.807, 2.05) is 25.1 Å². The van der Waals surface area contributed by atoms with Gasteiger partial charge >= 0.3 is 5.69 Å². The van der Waals surface area contributed by atoms with Crippen LogP contribution in [0, 0.1) is 10.1 Å². The Hall–Kier alpha value is -2.63. The molecule has 0 spiro atoms. The molecule has 0 aliphatic heterocycles. The standard InChI is InChI=1S/C13H13N3O3/c1-2-9-4-3-5-10(8-9)19-12-7-6-11(16(17)18)13(14)15-12/h3-8H,2H2,1H3,(H2,14,15). The van der Waals surface area contributed by atoms with Gasteiger partial charge in [0.2, 0.25) is 11.7 Å². The first-order valence-corrected chi connectivity index (χ1v) is 5.78. The number of nitrogens with zero attached hydrogens (tertiary/aromatic N) is 2. The minimum Gasteiger partial charge on any atom is -0.439 e. The Balaban J connectivity index is 2.23. The maximum absolute atomic E-state index is 10.6. The number of rotatable bonds is 4. The normalized spacial score (nSPS) is 10.2. The number of anilines is 1. The van der Waals surface area contributed by atoms with Crippen LogP contribution in [0.4, 0.5) is 11.5 Å². The second-order valence-electron chi connectivity index (χ2n) is 3.91. The highest BCUT2D eigenvalue weighted by molar-refractivity contribution is 5.53. The lowest BCUT2D eigenvalue weighted by atomic mass is 10.2. The number of nitro groups is 1. The van der Waals surface area contributed by atoms with Gasteiger partial charge in [-0.2, -0.15) is 4.98 Å². The molecule has 0 atom stereocenters. The van der Waals surface area contributed by atoms with Gasteiger partial charge in [0.25, 0.3) is 0 Å². The van der Waals surface area contributed by atoms with Crippen LogP contribution in [0.1, 0.15) is 12.5 Å². The van der Waals surface area contributed by atoms with Crippen molar-refractivity contribution in [1.82, 2.24) is 4.98 Å². The Bertz CT molecular complexity index is 614. The fraction of sp³-hybridized carbons (Fsp3) is 0.154. The molecule has 0 saturated carbocycles.